The van der Waals surface area contributed by atoms with Crippen LogP contribution in [0.1, 0.15) is 54.5 Å². The molecule has 6 heteroatoms. The van der Waals surface area contributed by atoms with E-state index in [4.69, 9.17) is 0 Å². The second-order valence-corrected chi connectivity index (χ2v) is 5.82. The summed E-state index contributed by atoms with van der Waals surface area (Å²) in [7, 11) is 0. The first-order valence-corrected chi connectivity index (χ1v) is 8.55. The zero-order valence-electron chi connectivity index (χ0n) is 15.0. The number of amides is 1. The van der Waals surface area contributed by atoms with Crippen molar-refractivity contribution in [2.45, 2.75) is 33.6 Å². The number of aromatic nitrogens is 2. The van der Waals surface area contributed by atoms with Gasteiger partial charge in [0, 0.05) is 30.5 Å². The number of benzene rings is 1. The predicted octanol–water partition coefficient (Wildman–Crippen LogP) is 3.56. The minimum absolute atomic E-state index is 0.0461. The molecule has 0 saturated carbocycles. The number of Topliss-reactive ketones (excluding diaryl/α,β-unsaturated/α-hetero) is 1. The van der Waals surface area contributed by atoms with Gasteiger partial charge in [0.05, 0.1) is 0 Å². The van der Waals surface area contributed by atoms with E-state index in [1.807, 2.05) is 0 Å². The van der Waals surface area contributed by atoms with Gasteiger partial charge in [-0.15, -0.1) is 0 Å². The minimum atomic E-state index is -0.322. The molecule has 2 aromatic rings. The molecule has 0 fully saturated rings. The van der Waals surface area contributed by atoms with Crippen LogP contribution in [0.2, 0.25) is 0 Å². The van der Waals surface area contributed by atoms with Crippen molar-refractivity contribution >= 4 is 23.3 Å². The largest absolute Gasteiger partial charge is 0.341 e. The average Bonchev–Trinajstić information content (AvgIpc) is 2.62. The van der Waals surface area contributed by atoms with Crippen LogP contribution in [0.5, 0.6) is 0 Å². The number of nitrogens with zero attached hydrogens (tertiary/aromatic N) is 3. The second-order valence-electron chi connectivity index (χ2n) is 5.82. The van der Waals surface area contributed by atoms with E-state index in [0.29, 0.717) is 22.9 Å². The van der Waals surface area contributed by atoms with Crippen molar-refractivity contribution in [3.8, 4) is 0 Å². The number of ketones is 1. The molecule has 0 bridgehead atoms. The molecule has 0 saturated heterocycles. The highest BCUT2D eigenvalue weighted by Gasteiger charge is 2.13. The quantitative estimate of drug-likeness (QED) is 0.744. The van der Waals surface area contributed by atoms with Gasteiger partial charge in [-0.3, -0.25) is 9.59 Å². The molecule has 1 heterocycles. The van der Waals surface area contributed by atoms with Crippen molar-refractivity contribution in [3.05, 3.63) is 47.8 Å². The normalized spacial score (nSPS) is 10.4. The van der Waals surface area contributed by atoms with Gasteiger partial charge in [-0.1, -0.05) is 26.0 Å². The number of anilines is 2. The molecule has 1 aromatic carbocycles. The highest BCUT2D eigenvalue weighted by atomic mass is 16.2. The highest BCUT2D eigenvalue weighted by molar-refractivity contribution is 6.04. The zero-order chi connectivity index (χ0) is 18.2. The van der Waals surface area contributed by atoms with E-state index in [0.717, 1.165) is 25.9 Å². The van der Waals surface area contributed by atoms with E-state index in [1.165, 1.54) is 6.92 Å². The third-order valence-electron chi connectivity index (χ3n) is 3.67. The molecule has 1 amide bonds. The van der Waals surface area contributed by atoms with Gasteiger partial charge in [0.25, 0.3) is 5.91 Å². The van der Waals surface area contributed by atoms with E-state index in [-0.39, 0.29) is 11.7 Å². The fourth-order valence-electron chi connectivity index (χ4n) is 2.49. The fraction of sp³-hybridized carbons (Fsp3) is 0.368. The third kappa shape index (κ3) is 5.11. The number of nitrogens with one attached hydrogen (secondary N) is 1. The Morgan fingerprint density at radius 2 is 1.84 bits per heavy atom. The van der Waals surface area contributed by atoms with Crippen LogP contribution in [0, 0.1) is 0 Å². The van der Waals surface area contributed by atoms with Crippen LogP contribution in [0.4, 0.5) is 11.6 Å². The molecule has 1 N–H and O–H groups in total. The molecule has 25 heavy (non-hydrogen) atoms. The van der Waals surface area contributed by atoms with Crippen LogP contribution in [-0.2, 0) is 0 Å². The van der Waals surface area contributed by atoms with Gasteiger partial charge in [-0.25, -0.2) is 9.97 Å². The molecule has 1 aromatic heterocycles. The van der Waals surface area contributed by atoms with Crippen LogP contribution >= 0.6 is 0 Å². The van der Waals surface area contributed by atoms with E-state index < -0.39 is 0 Å². The lowest BCUT2D eigenvalue weighted by Gasteiger charge is -2.21. The molecule has 0 aliphatic rings. The van der Waals surface area contributed by atoms with Gasteiger partial charge in [0.2, 0.25) is 5.95 Å². The SMILES string of the molecule is CCCN(CCC)c1nccc(C(=O)Nc2cccc(C(C)=O)c2)n1. The molecular formula is C19H24N4O2. The lowest BCUT2D eigenvalue weighted by Crippen LogP contribution is -2.27. The molecule has 2 rings (SSSR count). The summed E-state index contributed by atoms with van der Waals surface area (Å²) in [6, 6.07) is 8.44. The number of carbonyl (C=O) groups excluding carboxylic acids is 2. The Bertz CT molecular complexity index is 740. The van der Waals surface area contributed by atoms with Crippen LogP contribution < -0.4 is 10.2 Å². The lowest BCUT2D eigenvalue weighted by atomic mass is 10.1. The summed E-state index contributed by atoms with van der Waals surface area (Å²) >= 11 is 0. The summed E-state index contributed by atoms with van der Waals surface area (Å²) in [6.07, 6.45) is 3.57. The Kier molecular flexibility index (Phi) is 6.62. The molecule has 0 aliphatic carbocycles. The summed E-state index contributed by atoms with van der Waals surface area (Å²) < 4.78 is 0. The second kappa shape index (κ2) is 8.92. The Morgan fingerprint density at radius 3 is 2.48 bits per heavy atom. The molecule has 0 atom stereocenters. The summed E-state index contributed by atoms with van der Waals surface area (Å²) in [5, 5.41) is 2.78. The summed E-state index contributed by atoms with van der Waals surface area (Å²) in [5.41, 5.74) is 1.42. The van der Waals surface area contributed by atoms with Crippen LogP contribution in [-0.4, -0.2) is 34.7 Å². The van der Waals surface area contributed by atoms with Gasteiger partial charge in [0.1, 0.15) is 5.69 Å². The van der Waals surface area contributed by atoms with Crippen molar-refractivity contribution in [1.29, 1.82) is 0 Å². The highest BCUT2D eigenvalue weighted by Crippen LogP contribution is 2.14. The van der Waals surface area contributed by atoms with Crippen molar-refractivity contribution in [2.24, 2.45) is 0 Å². The first-order chi connectivity index (χ1) is 12.0. The molecular weight excluding hydrogens is 316 g/mol. The molecule has 6 nitrogen and oxygen atoms in total. The van der Waals surface area contributed by atoms with Crippen LogP contribution in [0.15, 0.2) is 36.5 Å². The van der Waals surface area contributed by atoms with E-state index >= 15 is 0 Å². The van der Waals surface area contributed by atoms with Gasteiger partial charge < -0.3 is 10.2 Å². The van der Waals surface area contributed by atoms with E-state index in [1.54, 1.807) is 36.5 Å². The Balaban J connectivity index is 2.18. The Hall–Kier alpha value is -2.76. The lowest BCUT2D eigenvalue weighted by molar-refractivity contribution is 0.100. The number of hydrogen-bond acceptors (Lipinski definition) is 5. The average molecular weight is 340 g/mol. The molecule has 0 spiro atoms. The number of carbonyl (C=O) groups is 2. The smallest absolute Gasteiger partial charge is 0.274 e. The number of hydrogen-bond donors (Lipinski definition) is 1. The van der Waals surface area contributed by atoms with Crippen molar-refractivity contribution in [3.63, 3.8) is 0 Å². The Morgan fingerprint density at radius 1 is 1.12 bits per heavy atom. The topological polar surface area (TPSA) is 75.2 Å². The minimum Gasteiger partial charge on any atom is -0.341 e. The van der Waals surface area contributed by atoms with Crippen molar-refractivity contribution < 1.29 is 9.59 Å². The first kappa shape index (κ1) is 18.6. The van der Waals surface area contributed by atoms with Crippen molar-refractivity contribution in [2.75, 3.05) is 23.3 Å². The maximum absolute atomic E-state index is 12.5. The zero-order valence-corrected chi connectivity index (χ0v) is 15.0. The maximum atomic E-state index is 12.5. The number of rotatable bonds is 8. The van der Waals surface area contributed by atoms with E-state index in [9.17, 15) is 9.59 Å². The van der Waals surface area contributed by atoms with Crippen molar-refractivity contribution in [1.82, 2.24) is 9.97 Å². The summed E-state index contributed by atoms with van der Waals surface area (Å²) in [4.78, 5) is 34.7. The fourth-order valence-corrected chi connectivity index (χ4v) is 2.49. The summed E-state index contributed by atoms with van der Waals surface area (Å²) in [5.74, 6) is 0.196. The summed E-state index contributed by atoms with van der Waals surface area (Å²) in [6.45, 7) is 7.38. The van der Waals surface area contributed by atoms with Gasteiger partial charge in [0.15, 0.2) is 5.78 Å². The van der Waals surface area contributed by atoms with Gasteiger partial charge in [-0.05, 0) is 38.0 Å². The van der Waals surface area contributed by atoms with Crippen LogP contribution in [0.3, 0.4) is 0 Å². The molecule has 132 valence electrons. The van der Waals surface area contributed by atoms with Crippen LogP contribution in [0.25, 0.3) is 0 Å². The van der Waals surface area contributed by atoms with Gasteiger partial charge in [-0.2, -0.15) is 0 Å². The molecule has 0 radical (unpaired) electrons. The third-order valence-corrected chi connectivity index (χ3v) is 3.67. The van der Waals surface area contributed by atoms with E-state index in [2.05, 4.69) is 34.0 Å². The first-order valence-electron chi connectivity index (χ1n) is 8.55. The van der Waals surface area contributed by atoms with Gasteiger partial charge >= 0.3 is 0 Å². The monoisotopic (exact) mass is 340 g/mol. The molecule has 0 unspecified atom stereocenters. The predicted molar refractivity (Wildman–Crippen MR) is 99.2 cm³/mol. The molecule has 0 aliphatic heterocycles. The standard InChI is InChI=1S/C19H24N4O2/c1-4-11-23(12-5-2)19-20-10-9-17(22-19)18(25)21-16-8-6-7-15(13-16)14(3)24/h6-10,13H,4-5,11-12H2,1-3H3,(H,21,25). The Labute approximate surface area is 148 Å². The maximum Gasteiger partial charge on any atom is 0.274 e.